The lowest BCUT2D eigenvalue weighted by atomic mass is 9.89. The smallest absolute Gasteiger partial charge is 0.275 e. The standard InChI is InChI=1S/C11H15FN2O2/c1-3-9(7(2)13)10-5-4-8(12)6-11(10)14(15)16/h4-7,9H,3,13H2,1-2H3. The summed E-state index contributed by atoms with van der Waals surface area (Å²) in [5, 5.41) is 10.8. The van der Waals surface area contributed by atoms with Gasteiger partial charge in [-0.1, -0.05) is 6.92 Å². The number of nitrogens with zero attached hydrogens (tertiary/aromatic N) is 1. The van der Waals surface area contributed by atoms with E-state index in [1.807, 2.05) is 6.92 Å². The van der Waals surface area contributed by atoms with Gasteiger partial charge in [-0.3, -0.25) is 10.1 Å². The average Bonchev–Trinajstić information content (AvgIpc) is 2.20. The number of rotatable bonds is 4. The van der Waals surface area contributed by atoms with E-state index in [0.29, 0.717) is 12.0 Å². The van der Waals surface area contributed by atoms with E-state index in [-0.39, 0.29) is 17.6 Å². The zero-order valence-corrected chi connectivity index (χ0v) is 9.31. The Balaban J connectivity index is 3.26. The minimum absolute atomic E-state index is 0.124. The summed E-state index contributed by atoms with van der Waals surface area (Å²) in [7, 11) is 0. The minimum atomic E-state index is -0.602. The van der Waals surface area contributed by atoms with Crippen molar-refractivity contribution in [1.82, 2.24) is 0 Å². The summed E-state index contributed by atoms with van der Waals surface area (Å²) in [6.07, 6.45) is 0.685. The molecule has 2 unspecified atom stereocenters. The summed E-state index contributed by atoms with van der Waals surface area (Å²) in [6.45, 7) is 3.70. The highest BCUT2D eigenvalue weighted by Gasteiger charge is 2.24. The number of benzene rings is 1. The van der Waals surface area contributed by atoms with Crippen molar-refractivity contribution in [2.75, 3.05) is 0 Å². The first-order valence-corrected chi connectivity index (χ1v) is 5.16. The van der Waals surface area contributed by atoms with Crippen LogP contribution >= 0.6 is 0 Å². The van der Waals surface area contributed by atoms with E-state index in [2.05, 4.69) is 0 Å². The van der Waals surface area contributed by atoms with Crippen LogP contribution < -0.4 is 5.73 Å². The van der Waals surface area contributed by atoms with Crippen molar-refractivity contribution in [3.05, 3.63) is 39.7 Å². The second-order valence-corrected chi connectivity index (χ2v) is 3.83. The zero-order valence-electron chi connectivity index (χ0n) is 9.31. The molecule has 0 saturated carbocycles. The van der Waals surface area contributed by atoms with Gasteiger partial charge in [0.2, 0.25) is 0 Å². The predicted molar refractivity (Wildman–Crippen MR) is 59.7 cm³/mol. The van der Waals surface area contributed by atoms with Gasteiger partial charge < -0.3 is 5.73 Å². The van der Waals surface area contributed by atoms with Crippen LogP contribution in [-0.4, -0.2) is 11.0 Å². The third kappa shape index (κ3) is 2.55. The van der Waals surface area contributed by atoms with Crippen molar-refractivity contribution in [2.45, 2.75) is 32.2 Å². The van der Waals surface area contributed by atoms with Gasteiger partial charge >= 0.3 is 0 Å². The van der Waals surface area contributed by atoms with Crippen molar-refractivity contribution in [3.63, 3.8) is 0 Å². The maximum Gasteiger partial charge on any atom is 0.275 e. The molecule has 1 aromatic rings. The molecule has 0 amide bonds. The second kappa shape index (κ2) is 5.03. The highest BCUT2D eigenvalue weighted by molar-refractivity contribution is 5.43. The Morgan fingerprint density at radius 1 is 1.56 bits per heavy atom. The Morgan fingerprint density at radius 2 is 2.19 bits per heavy atom. The van der Waals surface area contributed by atoms with Gasteiger partial charge in [-0.15, -0.1) is 0 Å². The topological polar surface area (TPSA) is 69.2 Å². The molecule has 0 spiro atoms. The van der Waals surface area contributed by atoms with E-state index in [1.165, 1.54) is 12.1 Å². The lowest BCUT2D eigenvalue weighted by Crippen LogP contribution is -2.25. The molecule has 2 atom stereocenters. The summed E-state index contributed by atoms with van der Waals surface area (Å²) in [4.78, 5) is 10.2. The van der Waals surface area contributed by atoms with Gasteiger partial charge in [0.25, 0.3) is 5.69 Å². The molecule has 4 nitrogen and oxygen atoms in total. The van der Waals surface area contributed by atoms with Crippen LogP contribution in [-0.2, 0) is 0 Å². The fraction of sp³-hybridized carbons (Fsp3) is 0.455. The molecule has 0 bridgehead atoms. The molecule has 0 fully saturated rings. The molecular formula is C11H15FN2O2. The Morgan fingerprint density at radius 3 is 2.62 bits per heavy atom. The van der Waals surface area contributed by atoms with Crippen LogP contribution in [0.5, 0.6) is 0 Å². The molecule has 88 valence electrons. The molecule has 1 rings (SSSR count). The van der Waals surface area contributed by atoms with Crippen molar-refractivity contribution < 1.29 is 9.31 Å². The molecule has 0 aliphatic heterocycles. The lowest BCUT2D eigenvalue weighted by molar-refractivity contribution is -0.386. The van der Waals surface area contributed by atoms with Gasteiger partial charge in [-0.2, -0.15) is 0 Å². The van der Waals surface area contributed by atoms with Crippen LogP contribution in [0, 0.1) is 15.9 Å². The largest absolute Gasteiger partial charge is 0.327 e. The van der Waals surface area contributed by atoms with Gasteiger partial charge in [-0.25, -0.2) is 4.39 Å². The predicted octanol–water partition coefficient (Wildman–Crippen LogP) is 2.57. The third-order valence-electron chi connectivity index (χ3n) is 2.66. The first-order valence-electron chi connectivity index (χ1n) is 5.16. The van der Waals surface area contributed by atoms with E-state index >= 15 is 0 Å². The number of hydrogen-bond acceptors (Lipinski definition) is 3. The van der Waals surface area contributed by atoms with Crippen LogP contribution in [0.1, 0.15) is 31.7 Å². The summed E-state index contributed by atoms with van der Waals surface area (Å²) >= 11 is 0. The minimum Gasteiger partial charge on any atom is -0.327 e. The summed E-state index contributed by atoms with van der Waals surface area (Å²) in [5.74, 6) is -0.726. The zero-order chi connectivity index (χ0) is 12.3. The van der Waals surface area contributed by atoms with E-state index in [4.69, 9.17) is 5.73 Å². The molecule has 0 aliphatic rings. The molecule has 5 heteroatoms. The maximum atomic E-state index is 12.9. The van der Waals surface area contributed by atoms with E-state index in [1.54, 1.807) is 6.92 Å². The normalized spacial score (nSPS) is 14.5. The molecule has 16 heavy (non-hydrogen) atoms. The van der Waals surface area contributed by atoms with E-state index in [9.17, 15) is 14.5 Å². The van der Waals surface area contributed by atoms with Crippen molar-refractivity contribution in [3.8, 4) is 0 Å². The first kappa shape index (κ1) is 12.6. The van der Waals surface area contributed by atoms with Crippen LogP contribution in [0.4, 0.5) is 10.1 Å². The fourth-order valence-corrected chi connectivity index (χ4v) is 1.86. The summed E-state index contributed by atoms with van der Waals surface area (Å²) < 4.78 is 12.9. The van der Waals surface area contributed by atoms with Crippen molar-refractivity contribution in [1.29, 1.82) is 0 Å². The molecule has 2 N–H and O–H groups in total. The number of hydrogen-bond donors (Lipinski definition) is 1. The Kier molecular flexibility index (Phi) is 3.95. The number of halogens is 1. The summed E-state index contributed by atoms with van der Waals surface area (Å²) in [5.41, 5.74) is 6.08. The van der Waals surface area contributed by atoms with E-state index < -0.39 is 10.7 Å². The Labute approximate surface area is 93.4 Å². The molecule has 1 aromatic carbocycles. The van der Waals surface area contributed by atoms with Crippen molar-refractivity contribution >= 4 is 5.69 Å². The Bertz CT molecular complexity index is 394. The van der Waals surface area contributed by atoms with E-state index in [0.717, 1.165) is 6.07 Å². The highest BCUT2D eigenvalue weighted by atomic mass is 19.1. The van der Waals surface area contributed by atoms with Crippen LogP contribution in [0.3, 0.4) is 0 Å². The quantitative estimate of drug-likeness (QED) is 0.633. The average molecular weight is 226 g/mol. The van der Waals surface area contributed by atoms with Gasteiger partial charge in [0, 0.05) is 17.5 Å². The molecule has 0 aliphatic carbocycles. The van der Waals surface area contributed by atoms with Gasteiger partial charge in [0.05, 0.1) is 11.0 Å². The molecule has 0 heterocycles. The molecule has 0 radical (unpaired) electrons. The van der Waals surface area contributed by atoms with Gasteiger partial charge in [0.15, 0.2) is 0 Å². The van der Waals surface area contributed by atoms with Crippen LogP contribution in [0.2, 0.25) is 0 Å². The van der Waals surface area contributed by atoms with Crippen LogP contribution in [0.15, 0.2) is 18.2 Å². The monoisotopic (exact) mass is 226 g/mol. The van der Waals surface area contributed by atoms with Crippen molar-refractivity contribution in [2.24, 2.45) is 5.73 Å². The van der Waals surface area contributed by atoms with Crippen LogP contribution in [0.25, 0.3) is 0 Å². The van der Waals surface area contributed by atoms with Gasteiger partial charge in [0.1, 0.15) is 5.82 Å². The lowest BCUT2D eigenvalue weighted by Gasteiger charge is -2.19. The molecular weight excluding hydrogens is 211 g/mol. The Hall–Kier alpha value is -1.49. The molecule has 0 aromatic heterocycles. The number of nitrogens with two attached hydrogens (primary N) is 1. The number of nitro groups is 1. The number of nitro benzene ring substituents is 1. The second-order valence-electron chi connectivity index (χ2n) is 3.83. The first-order chi connectivity index (χ1) is 7.47. The fourth-order valence-electron chi connectivity index (χ4n) is 1.86. The van der Waals surface area contributed by atoms with Gasteiger partial charge in [-0.05, 0) is 25.5 Å². The highest BCUT2D eigenvalue weighted by Crippen LogP contribution is 2.31. The molecule has 0 saturated heterocycles. The maximum absolute atomic E-state index is 12.9. The third-order valence-corrected chi connectivity index (χ3v) is 2.66. The summed E-state index contributed by atoms with van der Waals surface area (Å²) in [6, 6.07) is 3.42. The SMILES string of the molecule is CCC(c1ccc(F)cc1[N+](=O)[O-])C(C)N.